The van der Waals surface area contributed by atoms with Crippen LogP contribution < -0.4 is 5.84 Å². The fourth-order valence-electron chi connectivity index (χ4n) is 1.28. The molecule has 76 valence electrons. The highest BCUT2D eigenvalue weighted by Gasteiger charge is 2.06. The molecule has 0 aliphatic carbocycles. The Kier molecular flexibility index (Phi) is 3.65. The number of benzene rings is 1. The zero-order valence-electron chi connectivity index (χ0n) is 8.94. The molecule has 0 aliphatic rings. The fraction of sp³-hybridized carbons (Fsp3) is 0.364. The second-order valence-corrected chi connectivity index (χ2v) is 3.59. The molecule has 0 radical (unpaired) electrons. The fourth-order valence-corrected chi connectivity index (χ4v) is 1.28. The average molecular weight is 191 g/mol. The Morgan fingerprint density at radius 3 is 2.71 bits per heavy atom. The molecular formula is C11H17N3. The number of hydrazone groups is 1. The predicted molar refractivity (Wildman–Crippen MR) is 60.3 cm³/mol. The number of hydrogen-bond donors (Lipinski definition) is 1. The summed E-state index contributed by atoms with van der Waals surface area (Å²) in [5.41, 5.74) is 2.31. The monoisotopic (exact) mass is 191 g/mol. The van der Waals surface area contributed by atoms with Gasteiger partial charge in [0.15, 0.2) is 0 Å². The molecule has 1 rings (SSSR count). The second kappa shape index (κ2) is 4.77. The van der Waals surface area contributed by atoms with E-state index in [1.165, 1.54) is 5.56 Å². The summed E-state index contributed by atoms with van der Waals surface area (Å²) in [7, 11) is 4.13. The van der Waals surface area contributed by atoms with Crippen LogP contribution in [0.2, 0.25) is 0 Å². The molecule has 2 N–H and O–H groups in total. The van der Waals surface area contributed by atoms with Crippen LogP contribution in [0.25, 0.3) is 0 Å². The molecule has 0 spiro atoms. The summed E-state index contributed by atoms with van der Waals surface area (Å²) in [4.78, 5) is 2.17. The number of nitrogens with two attached hydrogens (primary N) is 1. The summed E-state index contributed by atoms with van der Waals surface area (Å²) < 4.78 is 0. The van der Waals surface area contributed by atoms with Crippen LogP contribution in [0.5, 0.6) is 0 Å². The lowest BCUT2D eigenvalue weighted by molar-refractivity contribution is 0.321. The Labute approximate surface area is 85.2 Å². The van der Waals surface area contributed by atoms with Crippen LogP contribution in [0.3, 0.4) is 0 Å². The molecule has 3 heteroatoms. The van der Waals surface area contributed by atoms with Gasteiger partial charge in [-0.1, -0.05) is 18.2 Å². The molecule has 0 heterocycles. The molecule has 0 saturated carbocycles. The van der Waals surface area contributed by atoms with Gasteiger partial charge in [0.2, 0.25) is 0 Å². The van der Waals surface area contributed by atoms with Crippen LogP contribution in [0.4, 0.5) is 0 Å². The highest BCUT2D eigenvalue weighted by Crippen LogP contribution is 2.17. The molecule has 1 aromatic carbocycles. The van der Waals surface area contributed by atoms with Gasteiger partial charge in [0.05, 0.1) is 6.21 Å². The van der Waals surface area contributed by atoms with E-state index >= 15 is 0 Å². The lowest BCUT2D eigenvalue weighted by Gasteiger charge is -2.20. The van der Waals surface area contributed by atoms with Crippen molar-refractivity contribution in [3.63, 3.8) is 0 Å². The third-order valence-electron chi connectivity index (χ3n) is 2.39. The number of nitrogens with zero attached hydrogens (tertiary/aromatic N) is 2. The third-order valence-corrected chi connectivity index (χ3v) is 2.39. The minimum Gasteiger partial charge on any atom is -0.323 e. The van der Waals surface area contributed by atoms with E-state index in [0.29, 0.717) is 6.04 Å². The zero-order valence-corrected chi connectivity index (χ0v) is 8.94. The summed E-state index contributed by atoms with van der Waals surface area (Å²) in [5.74, 6) is 5.11. The Balaban J connectivity index is 2.93. The molecule has 3 nitrogen and oxygen atoms in total. The van der Waals surface area contributed by atoms with Gasteiger partial charge in [0, 0.05) is 6.04 Å². The van der Waals surface area contributed by atoms with Gasteiger partial charge in [0.25, 0.3) is 0 Å². The van der Waals surface area contributed by atoms with E-state index in [9.17, 15) is 0 Å². The van der Waals surface area contributed by atoms with Gasteiger partial charge in [-0.3, -0.25) is 0 Å². The Bertz CT molecular complexity index is 318. The van der Waals surface area contributed by atoms with Gasteiger partial charge in [-0.25, -0.2) is 0 Å². The smallest absolute Gasteiger partial charge is 0.0538 e. The Hall–Kier alpha value is -1.35. The van der Waals surface area contributed by atoms with Crippen molar-refractivity contribution < 1.29 is 0 Å². The molecule has 0 aromatic heterocycles. The lowest BCUT2D eigenvalue weighted by Crippen LogP contribution is -2.16. The van der Waals surface area contributed by atoms with Gasteiger partial charge in [-0.2, -0.15) is 5.10 Å². The summed E-state index contributed by atoms with van der Waals surface area (Å²) in [6.45, 7) is 2.17. The van der Waals surface area contributed by atoms with Crippen molar-refractivity contribution in [1.82, 2.24) is 4.90 Å². The number of hydrogen-bond acceptors (Lipinski definition) is 3. The maximum absolute atomic E-state index is 5.11. The van der Waals surface area contributed by atoms with E-state index in [-0.39, 0.29) is 0 Å². The third kappa shape index (κ3) is 2.57. The zero-order chi connectivity index (χ0) is 10.6. The van der Waals surface area contributed by atoms with Crippen LogP contribution in [-0.2, 0) is 0 Å². The highest BCUT2D eigenvalue weighted by molar-refractivity contribution is 5.79. The molecule has 0 fully saturated rings. The summed E-state index contributed by atoms with van der Waals surface area (Å²) in [5, 5.41) is 3.51. The maximum Gasteiger partial charge on any atom is 0.0538 e. The first-order valence-corrected chi connectivity index (χ1v) is 4.65. The minimum absolute atomic E-state index is 0.404. The van der Waals surface area contributed by atoms with Crippen LogP contribution in [0.15, 0.2) is 29.4 Å². The van der Waals surface area contributed by atoms with Crippen LogP contribution in [0, 0.1) is 0 Å². The molecule has 0 saturated heterocycles. The molecular weight excluding hydrogens is 174 g/mol. The summed E-state index contributed by atoms with van der Waals surface area (Å²) >= 11 is 0. The van der Waals surface area contributed by atoms with Crippen molar-refractivity contribution in [3.8, 4) is 0 Å². The van der Waals surface area contributed by atoms with Gasteiger partial charge >= 0.3 is 0 Å². The van der Waals surface area contributed by atoms with Crippen LogP contribution in [0.1, 0.15) is 24.1 Å². The molecule has 14 heavy (non-hydrogen) atoms. The van der Waals surface area contributed by atoms with E-state index in [1.807, 2.05) is 12.1 Å². The van der Waals surface area contributed by atoms with Gasteiger partial charge in [-0.05, 0) is 38.2 Å². The Morgan fingerprint density at radius 2 is 2.14 bits per heavy atom. The van der Waals surface area contributed by atoms with Crippen molar-refractivity contribution in [3.05, 3.63) is 35.4 Å². The maximum atomic E-state index is 5.11. The van der Waals surface area contributed by atoms with Gasteiger partial charge in [-0.15, -0.1) is 0 Å². The normalized spacial score (nSPS) is 13.7. The first kappa shape index (κ1) is 10.7. The molecule has 1 aromatic rings. The molecule has 1 atom stereocenters. The summed E-state index contributed by atoms with van der Waals surface area (Å²) in [6, 6.07) is 8.62. The van der Waals surface area contributed by atoms with Gasteiger partial charge < -0.3 is 10.7 Å². The average Bonchev–Trinajstić information content (AvgIpc) is 2.17. The van der Waals surface area contributed by atoms with Crippen molar-refractivity contribution >= 4 is 6.21 Å². The predicted octanol–water partition coefficient (Wildman–Crippen LogP) is 1.60. The van der Waals surface area contributed by atoms with E-state index in [2.05, 4.69) is 43.2 Å². The van der Waals surface area contributed by atoms with Crippen molar-refractivity contribution in [2.45, 2.75) is 13.0 Å². The first-order chi connectivity index (χ1) is 6.65. The van der Waals surface area contributed by atoms with E-state index < -0.39 is 0 Å². The quantitative estimate of drug-likeness (QED) is 0.448. The first-order valence-electron chi connectivity index (χ1n) is 4.65. The molecule has 0 amide bonds. The lowest BCUT2D eigenvalue weighted by atomic mass is 10.1. The Morgan fingerprint density at radius 1 is 1.43 bits per heavy atom. The molecule has 0 bridgehead atoms. The van der Waals surface area contributed by atoms with E-state index in [1.54, 1.807) is 6.21 Å². The standard InChI is InChI=1S/C11H17N3/c1-9(14(2)3)11-6-4-5-10(7-11)8-13-12/h4-9H,12H2,1-3H3. The van der Waals surface area contributed by atoms with E-state index in [0.717, 1.165) is 5.56 Å². The van der Waals surface area contributed by atoms with E-state index in [4.69, 9.17) is 5.84 Å². The largest absolute Gasteiger partial charge is 0.323 e. The van der Waals surface area contributed by atoms with Gasteiger partial charge in [0.1, 0.15) is 0 Å². The van der Waals surface area contributed by atoms with Crippen LogP contribution >= 0.6 is 0 Å². The van der Waals surface area contributed by atoms with Crippen molar-refractivity contribution in [2.24, 2.45) is 10.9 Å². The van der Waals surface area contributed by atoms with Crippen LogP contribution in [-0.4, -0.2) is 25.2 Å². The summed E-state index contributed by atoms with van der Waals surface area (Å²) in [6.07, 6.45) is 1.66. The second-order valence-electron chi connectivity index (χ2n) is 3.59. The SMILES string of the molecule is CC(c1cccc(C=NN)c1)N(C)C. The topological polar surface area (TPSA) is 41.6 Å². The molecule has 0 aliphatic heterocycles. The minimum atomic E-state index is 0.404. The highest BCUT2D eigenvalue weighted by atomic mass is 15.1. The molecule has 1 unspecified atom stereocenters. The van der Waals surface area contributed by atoms with Crippen molar-refractivity contribution in [1.29, 1.82) is 0 Å². The number of rotatable bonds is 3. The van der Waals surface area contributed by atoms with Crippen molar-refractivity contribution in [2.75, 3.05) is 14.1 Å².